The highest BCUT2D eigenvalue weighted by Gasteiger charge is 2.17. The lowest BCUT2D eigenvalue weighted by atomic mass is 9.87. The molecule has 0 radical (unpaired) electrons. The molecule has 0 saturated carbocycles. The monoisotopic (exact) mass is 493 g/mol. The Morgan fingerprint density at radius 1 is 0.889 bits per heavy atom. The molecular formula is C29H27N5OS. The number of aryl methyl sites for hydroxylation is 1. The zero-order chi connectivity index (χ0) is 25.3. The van der Waals surface area contributed by atoms with E-state index in [2.05, 4.69) is 36.1 Å². The molecule has 0 fully saturated rings. The third-order valence-corrected chi connectivity index (χ3v) is 6.88. The van der Waals surface area contributed by atoms with Gasteiger partial charge in [-0.15, -0.1) is 5.10 Å². The first-order chi connectivity index (χ1) is 17.3. The molecule has 0 saturated heterocycles. The van der Waals surface area contributed by atoms with E-state index in [4.69, 9.17) is 5.10 Å². The number of carbonyl (C=O) groups is 1. The van der Waals surface area contributed by atoms with Crippen LogP contribution in [0.15, 0.2) is 94.9 Å². The van der Waals surface area contributed by atoms with Crippen LogP contribution in [0.25, 0.3) is 17.2 Å². The number of hydrogen-bond acceptors (Lipinski definition) is 5. The van der Waals surface area contributed by atoms with Crippen LogP contribution in [0, 0.1) is 6.92 Å². The van der Waals surface area contributed by atoms with Crippen LogP contribution in [0.1, 0.15) is 42.4 Å². The molecule has 0 atom stereocenters. The number of amides is 1. The number of nitrogens with one attached hydrogen (secondary N) is 1. The van der Waals surface area contributed by atoms with Crippen molar-refractivity contribution >= 4 is 29.1 Å². The number of aromatic nitrogens is 4. The minimum atomic E-state index is -0.147. The van der Waals surface area contributed by atoms with Crippen molar-refractivity contribution in [3.05, 3.63) is 102 Å². The van der Waals surface area contributed by atoms with Gasteiger partial charge in [-0.3, -0.25) is 4.79 Å². The summed E-state index contributed by atoms with van der Waals surface area (Å²) in [6.07, 6.45) is 0. The van der Waals surface area contributed by atoms with E-state index in [1.165, 1.54) is 17.3 Å². The maximum Gasteiger partial charge on any atom is 0.255 e. The third-order valence-electron chi connectivity index (χ3n) is 5.80. The molecule has 1 N–H and O–H groups in total. The van der Waals surface area contributed by atoms with Gasteiger partial charge in [-0.1, -0.05) is 87.1 Å². The van der Waals surface area contributed by atoms with Gasteiger partial charge in [0, 0.05) is 21.7 Å². The van der Waals surface area contributed by atoms with Crippen LogP contribution >= 0.6 is 11.8 Å². The summed E-state index contributed by atoms with van der Waals surface area (Å²) in [4.78, 5) is 23.2. The van der Waals surface area contributed by atoms with Crippen molar-refractivity contribution in [3.63, 3.8) is 0 Å². The van der Waals surface area contributed by atoms with Crippen molar-refractivity contribution in [2.45, 2.75) is 43.0 Å². The summed E-state index contributed by atoms with van der Waals surface area (Å²) in [6.45, 7) is 8.41. The van der Waals surface area contributed by atoms with Gasteiger partial charge in [-0.05, 0) is 48.2 Å². The number of hydrogen-bond donors (Lipinski definition) is 1. The van der Waals surface area contributed by atoms with Crippen molar-refractivity contribution < 1.29 is 4.79 Å². The number of nitrogens with zero attached hydrogens (tertiary/aromatic N) is 4. The van der Waals surface area contributed by atoms with Crippen molar-refractivity contribution in [1.82, 2.24) is 19.6 Å². The average Bonchev–Trinajstić information content (AvgIpc) is 3.29. The summed E-state index contributed by atoms with van der Waals surface area (Å²) in [5.74, 6) is 1.01. The normalized spacial score (nSPS) is 11.6. The molecule has 180 valence electrons. The van der Waals surface area contributed by atoms with Gasteiger partial charge in [0.2, 0.25) is 0 Å². The van der Waals surface area contributed by atoms with E-state index >= 15 is 0 Å². The summed E-state index contributed by atoms with van der Waals surface area (Å²) in [5, 5.41) is 8.66. The minimum absolute atomic E-state index is 0.0357. The Hall–Kier alpha value is -3.97. The topological polar surface area (TPSA) is 72.2 Å². The first-order valence-corrected chi connectivity index (χ1v) is 12.6. The summed E-state index contributed by atoms with van der Waals surface area (Å²) in [6, 6.07) is 27.4. The second-order valence-electron chi connectivity index (χ2n) is 9.63. The van der Waals surface area contributed by atoms with Gasteiger partial charge in [0.15, 0.2) is 5.82 Å². The molecule has 0 spiro atoms. The Morgan fingerprint density at radius 2 is 1.58 bits per heavy atom. The summed E-state index contributed by atoms with van der Waals surface area (Å²) in [5.41, 5.74) is 4.36. The standard InChI is InChI=1S/C29H27N5OS/c1-19-18-25(34-28(30-19)32-26(33-34)20-10-6-5-7-11-20)36-24-13-9-8-12-23(24)31-27(35)21-14-16-22(17-15-21)29(2,3)4/h5-18H,1-4H3,(H,31,35). The Balaban J connectivity index is 1.44. The van der Waals surface area contributed by atoms with E-state index in [0.717, 1.165) is 26.9 Å². The Labute approximate surface area is 214 Å². The highest BCUT2D eigenvalue weighted by Crippen LogP contribution is 2.34. The smallest absolute Gasteiger partial charge is 0.255 e. The zero-order valence-corrected chi connectivity index (χ0v) is 21.5. The fraction of sp³-hybridized carbons (Fsp3) is 0.172. The minimum Gasteiger partial charge on any atom is -0.321 e. The molecule has 1 amide bonds. The number of benzene rings is 3. The van der Waals surface area contributed by atoms with E-state index in [9.17, 15) is 4.79 Å². The van der Waals surface area contributed by atoms with Gasteiger partial charge >= 0.3 is 0 Å². The number of para-hydroxylation sites is 1. The molecule has 0 aliphatic carbocycles. The SMILES string of the molecule is Cc1cc(Sc2ccccc2NC(=O)c2ccc(C(C)(C)C)cc2)n2nc(-c3ccccc3)nc2n1. The van der Waals surface area contributed by atoms with Crippen molar-refractivity contribution in [3.8, 4) is 11.4 Å². The first kappa shape index (κ1) is 23.8. The van der Waals surface area contributed by atoms with Crippen LogP contribution in [0.4, 0.5) is 5.69 Å². The Morgan fingerprint density at radius 3 is 2.31 bits per heavy atom. The lowest BCUT2D eigenvalue weighted by molar-refractivity contribution is 0.102. The summed E-state index contributed by atoms with van der Waals surface area (Å²) < 4.78 is 1.75. The fourth-order valence-electron chi connectivity index (χ4n) is 3.82. The lowest BCUT2D eigenvalue weighted by Gasteiger charge is -2.19. The fourth-order valence-corrected chi connectivity index (χ4v) is 4.86. The summed E-state index contributed by atoms with van der Waals surface area (Å²) in [7, 11) is 0. The summed E-state index contributed by atoms with van der Waals surface area (Å²) >= 11 is 1.52. The molecule has 0 bridgehead atoms. The van der Waals surface area contributed by atoms with Crippen LogP contribution in [-0.4, -0.2) is 25.5 Å². The second-order valence-corrected chi connectivity index (χ2v) is 10.7. The van der Waals surface area contributed by atoms with E-state index in [1.807, 2.05) is 91.9 Å². The first-order valence-electron chi connectivity index (χ1n) is 11.8. The molecule has 0 aliphatic rings. The Kier molecular flexibility index (Phi) is 6.33. The van der Waals surface area contributed by atoms with Gasteiger partial charge in [0.05, 0.1) is 5.69 Å². The molecule has 36 heavy (non-hydrogen) atoms. The maximum absolute atomic E-state index is 13.0. The van der Waals surface area contributed by atoms with Gasteiger partial charge in [0.1, 0.15) is 5.03 Å². The molecule has 5 aromatic rings. The molecular weight excluding hydrogens is 466 g/mol. The predicted octanol–water partition coefficient (Wildman–Crippen LogP) is 6.80. The van der Waals surface area contributed by atoms with E-state index in [1.54, 1.807) is 4.52 Å². The molecule has 5 rings (SSSR count). The van der Waals surface area contributed by atoms with Crippen LogP contribution in [0.2, 0.25) is 0 Å². The number of rotatable bonds is 5. The molecule has 3 aromatic carbocycles. The second kappa shape index (κ2) is 9.59. The van der Waals surface area contributed by atoms with Gasteiger partial charge in [-0.25, -0.2) is 4.98 Å². The molecule has 6 nitrogen and oxygen atoms in total. The van der Waals surface area contributed by atoms with Crippen LogP contribution in [0.5, 0.6) is 0 Å². The van der Waals surface area contributed by atoms with Crippen molar-refractivity contribution in [2.75, 3.05) is 5.32 Å². The largest absolute Gasteiger partial charge is 0.321 e. The van der Waals surface area contributed by atoms with Gasteiger partial charge < -0.3 is 5.32 Å². The zero-order valence-electron chi connectivity index (χ0n) is 20.7. The third kappa shape index (κ3) is 5.02. The van der Waals surface area contributed by atoms with Crippen LogP contribution in [-0.2, 0) is 5.41 Å². The number of anilines is 1. The quantitative estimate of drug-likeness (QED) is 0.273. The van der Waals surface area contributed by atoms with Gasteiger partial charge in [-0.2, -0.15) is 9.50 Å². The van der Waals surface area contributed by atoms with E-state index < -0.39 is 0 Å². The predicted molar refractivity (Wildman–Crippen MR) is 145 cm³/mol. The number of carbonyl (C=O) groups excluding carboxylic acids is 1. The average molecular weight is 494 g/mol. The van der Waals surface area contributed by atoms with Crippen LogP contribution < -0.4 is 5.32 Å². The molecule has 0 unspecified atom stereocenters. The number of fused-ring (bicyclic) bond motifs is 1. The lowest BCUT2D eigenvalue weighted by Crippen LogP contribution is -2.14. The highest BCUT2D eigenvalue weighted by molar-refractivity contribution is 7.99. The van der Waals surface area contributed by atoms with E-state index in [-0.39, 0.29) is 11.3 Å². The molecule has 0 aliphatic heterocycles. The van der Waals surface area contributed by atoms with E-state index in [0.29, 0.717) is 17.2 Å². The molecule has 2 aromatic heterocycles. The molecule has 2 heterocycles. The van der Waals surface area contributed by atoms with Crippen molar-refractivity contribution in [1.29, 1.82) is 0 Å². The van der Waals surface area contributed by atoms with Crippen molar-refractivity contribution in [2.24, 2.45) is 0 Å². The van der Waals surface area contributed by atoms with Gasteiger partial charge in [0.25, 0.3) is 11.7 Å². The van der Waals surface area contributed by atoms with Crippen LogP contribution in [0.3, 0.4) is 0 Å². The molecule has 7 heteroatoms. The highest BCUT2D eigenvalue weighted by atomic mass is 32.2. The Bertz CT molecular complexity index is 1540. The maximum atomic E-state index is 13.0.